The van der Waals surface area contributed by atoms with Gasteiger partial charge in [0.1, 0.15) is 0 Å². The summed E-state index contributed by atoms with van der Waals surface area (Å²) >= 11 is 3.48. The normalized spacial score (nSPS) is 26.4. The third-order valence-electron chi connectivity index (χ3n) is 5.99. The molecule has 1 aliphatic heterocycles. The van der Waals surface area contributed by atoms with Gasteiger partial charge in [0.15, 0.2) is 14.8 Å². The number of ketones is 1. The fourth-order valence-corrected chi connectivity index (χ4v) is 5.32. The lowest BCUT2D eigenvalue weighted by Gasteiger charge is -2.49. The molecule has 3 rings (SSSR count). The highest BCUT2D eigenvalue weighted by Gasteiger charge is 2.53. The summed E-state index contributed by atoms with van der Waals surface area (Å²) in [5, 5.41) is 3.06. The number of halogens is 1. The van der Waals surface area contributed by atoms with Gasteiger partial charge in [-0.25, -0.2) is 0 Å². The van der Waals surface area contributed by atoms with Crippen LogP contribution in [0.3, 0.4) is 0 Å². The van der Waals surface area contributed by atoms with E-state index in [1.807, 2.05) is 18.2 Å². The van der Waals surface area contributed by atoms with E-state index in [2.05, 4.69) is 55.1 Å². The molecule has 0 aromatic heterocycles. The second-order valence-corrected chi connectivity index (χ2v) is 12.6. The Morgan fingerprint density at radius 2 is 2.00 bits per heavy atom. The van der Waals surface area contributed by atoms with Gasteiger partial charge >= 0.3 is 0 Å². The van der Waals surface area contributed by atoms with Crippen LogP contribution in [0.4, 0.5) is 0 Å². The second kappa shape index (κ2) is 7.80. The van der Waals surface area contributed by atoms with E-state index < -0.39 is 9.04 Å². The Bertz CT molecular complexity index is 743. The first-order valence-corrected chi connectivity index (χ1v) is 13.4. The van der Waals surface area contributed by atoms with Gasteiger partial charge in [0, 0.05) is 22.6 Å². The molecule has 148 valence electrons. The number of nitrogens with one attached hydrogen (secondary N) is 1. The van der Waals surface area contributed by atoms with Crippen molar-refractivity contribution in [2.24, 2.45) is 23.2 Å². The third-order valence-corrected chi connectivity index (χ3v) is 7.34. The number of aryl methyl sites for hydroxylation is 1. The molecule has 2 aliphatic rings. The molecule has 0 radical (unpaired) electrons. The molecule has 0 saturated carbocycles. The van der Waals surface area contributed by atoms with Gasteiger partial charge in [0.25, 0.3) is 0 Å². The molecule has 1 saturated heterocycles. The number of benzene rings is 1. The van der Waals surface area contributed by atoms with Crippen LogP contribution >= 0.6 is 15.9 Å². The smallest absolute Gasteiger partial charge is 0.225 e. The van der Waals surface area contributed by atoms with E-state index in [1.165, 1.54) is 0 Å². The maximum absolute atomic E-state index is 13.2. The lowest BCUT2D eigenvalue weighted by molar-refractivity contribution is -0.143. The van der Waals surface area contributed by atoms with E-state index in [9.17, 15) is 9.59 Å². The molecule has 0 spiro atoms. The summed E-state index contributed by atoms with van der Waals surface area (Å²) < 4.78 is 6.96. The Morgan fingerprint density at radius 1 is 1.30 bits per heavy atom. The quantitative estimate of drug-likeness (QED) is 0.543. The number of hydrogen-bond acceptors (Lipinski definition) is 3. The Morgan fingerprint density at radius 3 is 2.59 bits per heavy atom. The van der Waals surface area contributed by atoms with Gasteiger partial charge in [-0.3, -0.25) is 9.59 Å². The molecule has 4 nitrogen and oxygen atoms in total. The van der Waals surface area contributed by atoms with E-state index >= 15 is 0 Å². The zero-order valence-electron chi connectivity index (χ0n) is 16.8. The molecule has 1 fully saturated rings. The van der Waals surface area contributed by atoms with Gasteiger partial charge in [0.2, 0.25) is 5.91 Å². The summed E-state index contributed by atoms with van der Waals surface area (Å²) in [6, 6.07) is 5.86. The molecule has 1 N–H and O–H groups in total. The number of β-lactam (4-membered cyclic amide) rings is 1. The van der Waals surface area contributed by atoms with Crippen LogP contribution in [-0.2, 0) is 15.6 Å². The highest BCUT2D eigenvalue weighted by molar-refractivity contribution is 9.10. The number of amides is 1. The second-order valence-electron chi connectivity index (χ2n) is 9.23. The molecule has 27 heavy (non-hydrogen) atoms. The van der Waals surface area contributed by atoms with Crippen LogP contribution < -0.4 is 5.32 Å². The van der Waals surface area contributed by atoms with Gasteiger partial charge in [-0.2, -0.15) is 0 Å². The summed E-state index contributed by atoms with van der Waals surface area (Å²) in [6.07, 6.45) is 1.68. The topological polar surface area (TPSA) is 55.4 Å². The Labute approximate surface area is 172 Å². The van der Waals surface area contributed by atoms with Crippen LogP contribution in [0, 0.1) is 23.2 Å². The van der Waals surface area contributed by atoms with Crippen molar-refractivity contribution in [3.8, 4) is 0 Å². The van der Waals surface area contributed by atoms with E-state index in [1.54, 1.807) is 0 Å². The highest BCUT2D eigenvalue weighted by atomic mass is 79.9. The Hall–Kier alpha value is -0.983. The summed E-state index contributed by atoms with van der Waals surface area (Å²) in [6.45, 7) is 11.4. The largest absolute Gasteiger partial charge is 0.420 e. The Kier molecular flexibility index (Phi) is 5.99. The average Bonchev–Trinajstić information content (AvgIpc) is 2.56. The number of fused-ring (bicyclic) bond motifs is 1. The van der Waals surface area contributed by atoms with E-state index in [0.717, 1.165) is 28.4 Å². The van der Waals surface area contributed by atoms with Crippen molar-refractivity contribution in [2.75, 3.05) is 6.61 Å². The van der Waals surface area contributed by atoms with E-state index in [0.29, 0.717) is 6.61 Å². The van der Waals surface area contributed by atoms with Crippen LogP contribution in [-0.4, -0.2) is 33.4 Å². The van der Waals surface area contributed by atoms with Gasteiger partial charge in [-0.1, -0.05) is 42.8 Å². The first kappa shape index (κ1) is 20.7. The number of carbonyl (C=O) groups is 2. The minimum Gasteiger partial charge on any atom is -0.420 e. The number of carbonyl (C=O) groups excluding carboxylic acids is 2. The summed E-state index contributed by atoms with van der Waals surface area (Å²) in [5.41, 5.74) is 1.87. The van der Waals surface area contributed by atoms with Crippen LogP contribution in [0.25, 0.3) is 0 Å². The fourth-order valence-electron chi connectivity index (χ4n) is 4.37. The average molecular weight is 452 g/mol. The molecule has 1 aromatic carbocycles. The van der Waals surface area contributed by atoms with Gasteiger partial charge in [-0.15, -0.1) is 0 Å². The van der Waals surface area contributed by atoms with Crippen molar-refractivity contribution in [3.05, 3.63) is 33.8 Å². The number of hydrogen-bond donors (Lipinski definition) is 1. The Balaban J connectivity index is 1.84. The minimum absolute atomic E-state index is 0.0530. The molecule has 1 aliphatic carbocycles. The fraction of sp³-hybridized carbons (Fsp3) is 0.619. The van der Waals surface area contributed by atoms with Gasteiger partial charge in [0.05, 0.1) is 12.0 Å². The van der Waals surface area contributed by atoms with Crippen molar-refractivity contribution >= 4 is 36.7 Å². The predicted molar refractivity (Wildman–Crippen MR) is 113 cm³/mol. The van der Waals surface area contributed by atoms with Gasteiger partial charge in [-0.05, 0) is 55.0 Å². The SMILES string of the molecule is C[SiH](C)OC[C@H]([C@@H]1C(=O)N[C@@H]1[C@@H]1CCc2ccc(Br)cc2C1=O)C(C)(C)C. The van der Waals surface area contributed by atoms with E-state index in [-0.39, 0.29) is 40.9 Å². The standard InChI is InChI=1S/C21H30BrNO3Si/c1-21(2,3)16(11-26-27(4)5)17-18(23-20(17)25)14-9-7-12-6-8-13(22)10-15(12)19(14)24/h6,8,10,14,16-18,27H,7,9,11H2,1-5H3,(H,23,25)/t14-,16+,17-,18+/m0/s1. The molecule has 0 bridgehead atoms. The molecule has 1 amide bonds. The minimum atomic E-state index is -1.17. The van der Waals surface area contributed by atoms with Gasteiger partial charge < -0.3 is 9.74 Å². The molecule has 4 atom stereocenters. The van der Waals surface area contributed by atoms with Crippen molar-refractivity contribution < 1.29 is 14.0 Å². The monoisotopic (exact) mass is 451 g/mol. The molecular weight excluding hydrogens is 422 g/mol. The zero-order valence-corrected chi connectivity index (χ0v) is 19.6. The lowest BCUT2D eigenvalue weighted by atomic mass is 9.62. The van der Waals surface area contributed by atoms with Crippen LogP contribution in [0.15, 0.2) is 22.7 Å². The van der Waals surface area contributed by atoms with Crippen LogP contribution in [0.1, 0.15) is 43.1 Å². The van der Waals surface area contributed by atoms with Crippen LogP contribution in [0.5, 0.6) is 0 Å². The molecule has 6 heteroatoms. The predicted octanol–water partition coefficient (Wildman–Crippen LogP) is 3.97. The van der Waals surface area contributed by atoms with Crippen LogP contribution in [0.2, 0.25) is 13.1 Å². The summed E-state index contributed by atoms with van der Waals surface area (Å²) in [5.74, 6) is 0.0556. The zero-order chi connectivity index (χ0) is 19.9. The van der Waals surface area contributed by atoms with Crippen molar-refractivity contribution in [1.29, 1.82) is 0 Å². The first-order chi connectivity index (χ1) is 12.6. The molecular formula is C21H30BrNO3Si. The lowest BCUT2D eigenvalue weighted by Crippen LogP contribution is -2.67. The maximum Gasteiger partial charge on any atom is 0.225 e. The highest BCUT2D eigenvalue weighted by Crippen LogP contribution is 2.43. The molecule has 0 unspecified atom stereocenters. The molecule has 1 heterocycles. The third kappa shape index (κ3) is 4.22. The number of rotatable bonds is 5. The maximum atomic E-state index is 13.2. The van der Waals surface area contributed by atoms with Crippen molar-refractivity contribution in [1.82, 2.24) is 5.32 Å². The first-order valence-electron chi connectivity index (χ1n) is 9.84. The van der Waals surface area contributed by atoms with Crippen molar-refractivity contribution in [2.45, 2.75) is 52.7 Å². The summed E-state index contributed by atoms with van der Waals surface area (Å²) in [4.78, 5) is 25.7. The van der Waals surface area contributed by atoms with Crippen molar-refractivity contribution in [3.63, 3.8) is 0 Å². The summed E-state index contributed by atoms with van der Waals surface area (Å²) in [7, 11) is -1.17. The molecule has 1 aromatic rings. The number of Topliss-reactive ketones (excluding diaryl/α,β-unsaturated/α-hetero) is 1. The van der Waals surface area contributed by atoms with E-state index in [4.69, 9.17) is 4.43 Å².